The van der Waals surface area contributed by atoms with Crippen molar-refractivity contribution < 1.29 is 14.5 Å². The highest BCUT2D eigenvalue weighted by Gasteiger charge is 2.12. The average molecular weight is 416 g/mol. The second kappa shape index (κ2) is 8.64. The van der Waals surface area contributed by atoms with Gasteiger partial charge in [-0.2, -0.15) is 0 Å². The van der Waals surface area contributed by atoms with E-state index in [1.165, 1.54) is 35.6 Å². The predicted molar refractivity (Wildman–Crippen MR) is 110 cm³/mol. The lowest BCUT2D eigenvalue weighted by atomic mass is 10.2. The molecule has 0 fully saturated rings. The van der Waals surface area contributed by atoms with Crippen LogP contribution in [0.25, 0.3) is 17.3 Å². The molecule has 3 rings (SSSR count). The van der Waals surface area contributed by atoms with E-state index in [0.717, 1.165) is 17.0 Å². The van der Waals surface area contributed by atoms with Crippen LogP contribution in [0, 0.1) is 10.1 Å². The molecule has 9 heteroatoms. The normalized spacial score (nSPS) is 10.8. The number of ether oxygens (including phenoxy) is 1. The highest BCUT2D eigenvalue weighted by Crippen LogP contribution is 2.27. The highest BCUT2D eigenvalue weighted by molar-refractivity contribution is 7.14. The second-order valence-corrected chi connectivity index (χ2v) is 6.82. The van der Waals surface area contributed by atoms with Crippen LogP contribution in [0.1, 0.15) is 5.56 Å². The van der Waals surface area contributed by atoms with Gasteiger partial charge in [0, 0.05) is 23.1 Å². The molecule has 0 atom stereocenters. The molecule has 0 radical (unpaired) electrons. The van der Waals surface area contributed by atoms with Gasteiger partial charge in [0.1, 0.15) is 10.8 Å². The van der Waals surface area contributed by atoms with E-state index >= 15 is 0 Å². The Morgan fingerprint density at radius 1 is 1.29 bits per heavy atom. The van der Waals surface area contributed by atoms with E-state index in [0.29, 0.717) is 10.7 Å². The number of benzene rings is 2. The summed E-state index contributed by atoms with van der Waals surface area (Å²) in [6.45, 7) is 0. The molecule has 0 spiro atoms. The zero-order chi connectivity index (χ0) is 20.1. The number of aromatic nitrogens is 1. The number of hydrogen-bond donors (Lipinski definition) is 1. The first-order valence-electron chi connectivity index (χ1n) is 7.99. The topological polar surface area (TPSA) is 94.4 Å². The van der Waals surface area contributed by atoms with Gasteiger partial charge in [0.15, 0.2) is 5.13 Å². The third-order valence-corrected chi connectivity index (χ3v) is 4.79. The van der Waals surface area contributed by atoms with Crippen molar-refractivity contribution in [2.75, 3.05) is 12.4 Å². The molecule has 1 N–H and O–H groups in total. The third kappa shape index (κ3) is 4.73. The molecule has 7 nitrogen and oxygen atoms in total. The smallest absolute Gasteiger partial charge is 0.288 e. The number of halogens is 1. The minimum atomic E-state index is -0.573. The molecule has 0 aliphatic heterocycles. The molecule has 1 amide bonds. The van der Waals surface area contributed by atoms with Gasteiger partial charge in [0.05, 0.1) is 17.7 Å². The molecule has 1 heterocycles. The number of amides is 1. The van der Waals surface area contributed by atoms with E-state index in [-0.39, 0.29) is 10.7 Å². The van der Waals surface area contributed by atoms with Crippen molar-refractivity contribution in [1.29, 1.82) is 0 Å². The van der Waals surface area contributed by atoms with Crippen molar-refractivity contribution in [2.45, 2.75) is 0 Å². The van der Waals surface area contributed by atoms with Gasteiger partial charge in [0.25, 0.3) is 5.69 Å². The minimum absolute atomic E-state index is 0.0421. The molecular weight excluding hydrogens is 402 g/mol. The summed E-state index contributed by atoms with van der Waals surface area (Å²) in [5.41, 5.74) is 1.92. The summed E-state index contributed by atoms with van der Waals surface area (Å²) in [4.78, 5) is 26.8. The van der Waals surface area contributed by atoms with Crippen molar-refractivity contribution >= 4 is 45.7 Å². The molecule has 142 valence electrons. The van der Waals surface area contributed by atoms with Gasteiger partial charge in [-0.25, -0.2) is 4.98 Å². The molecule has 0 bridgehead atoms. The van der Waals surface area contributed by atoms with Crippen LogP contribution in [-0.4, -0.2) is 22.9 Å². The number of carbonyl (C=O) groups excluding carboxylic acids is 1. The minimum Gasteiger partial charge on any atom is -0.497 e. The molecule has 0 aliphatic carbocycles. The summed E-state index contributed by atoms with van der Waals surface area (Å²) in [5, 5.41) is 15.9. The fraction of sp³-hybridized carbons (Fsp3) is 0.0526. The Morgan fingerprint density at radius 3 is 2.71 bits per heavy atom. The average Bonchev–Trinajstić information content (AvgIpc) is 3.15. The quantitative estimate of drug-likeness (QED) is 0.346. The van der Waals surface area contributed by atoms with E-state index in [4.69, 9.17) is 16.3 Å². The second-order valence-electron chi connectivity index (χ2n) is 5.56. The number of nitrogens with zero attached hydrogens (tertiary/aromatic N) is 2. The number of hydrogen-bond acceptors (Lipinski definition) is 6. The number of rotatable bonds is 6. The van der Waals surface area contributed by atoms with E-state index in [1.807, 2.05) is 29.6 Å². The number of nitro groups is 1. The summed E-state index contributed by atoms with van der Waals surface area (Å²) in [7, 11) is 1.60. The monoisotopic (exact) mass is 415 g/mol. The summed E-state index contributed by atoms with van der Waals surface area (Å²) >= 11 is 7.07. The molecule has 0 unspecified atom stereocenters. The lowest BCUT2D eigenvalue weighted by Crippen LogP contribution is -2.07. The maximum Gasteiger partial charge on any atom is 0.288 e. The number of carbonyl (C=O) groups is 1. The zero-order valence-corrected chi connectivity index (χ0v) is 16.2. The Kier molecular flexibility index (Phi) is 6.03. The van der Waals surface area contributed by atoms with E-state index in [2.05, 4.69) is 10.3 Å². The van der Waals surface area contributed by atoms with E-state index in [9.17, 15) is 14.9 Å². The van der Waals surface area contributed by atoms with Gasteiger partial charge in [-0.05, 0) is 42.0 Å². The molecule has 1 aromatic heterocycles. The van der Waals surface area contributed by atoms with Crippen LogP contribution in [0.3, 0.4) is 0 Å². The number of methoxy groups -OCH3 is 1. The van der Waals surface area contributed by atoms with Crippen molar-refractivity contribution in [3.8, 4) is 17.0 Å². The summed E-state index contributed by atoms with van der Waals surface area (Å²) in [6.07, 6.45) is 2.75. The molecule has 2 aromatic carbocycles. The van der Waals surface area contributed by atoms with Crippen LogP contribution in [0.15, 0.2) is 53.9 Å². The van der Waals surface area contributed by atoms with Crippen molar-refractivity contribution in [2.24, 2.45) is 0 Å². The Bertz CT molecular complexity index is 1050. The van der Waals surface area contributed by atoms with Gasteiger partial charge < -0.3 is 4.74 Å². The van der Waals surface area contributed by atoms with Crippen LogP contribution >= 0.6 is 22.9 Å². The number of nitro benzene ring substituents is 1. The first-order chi connectivity index (χ1) is 13.5. The first kappa shape index (κ1) is 19.5. The van der Waals surface area contributed by atoms with Crippen LogP contribution in [-0.2, 0) is 4.79 Å². The Hall–Kier alpha value is -3.23. The van der Waals surface area contributed by atoms with Crippen molar-refractivity contribution in [1.82, 2.24) is 4.98 Å². The predicted octanol–water partition coefficient (Wildman–Crippen LogP) is 5.03. The summed E-state index contributed by atoms with van der Waals surface area (Å²) in [5.74, 6) is 0.355. The molecular formula is C19H14ClN3O4S. The number of anilines is 1. The Morgan fingerprint density at radius 2 is 2.04 bits per heavy atom. The largest absolute Gasteiger partial charge is 0.497 e. The van der Waals surface area contributed by atoms with E-state index < -0.39 is 10.8 Å². The van der Waals surface area contributed by atoms with Gasteiger partial charge >= 0.3 is 0 Å². The van der Waals surface area contributed by atoms with Gasteiger partial charge in [-0.1, -0.05) is 17.7 Å². The number of nitrogens with one attached hydrogen (secondary N) is 1. The Balaban J connectivity index is 1.67. The summed E-state index contributed by atoms with van der Waals surface area (Å²) in [6, 6.07) is 11.7. The first-order valence-corrected chi connectivity index (χ1v) is 9.25. The van der Waals surface area contributed by atoms with Crippen LogP contribution in [0.4, 0.5) is 10.8 Å². The molecule has 3 aromatic rings. The molecule has 0 saturated carbocycles. The fourth-order valence-corrected chi connectivity index (χ4v) is 3.23. The molecule has 28 heavy (non-hydrogen) atoms. The van der Waals surface area contributed by atoms with Gasteiger partial charge in [-0.15, -0.1) is 11.3 Å². The van der Waals surface area contributed by atoms with Crippen LogP contribution in [0.5, 0.6) is 5.75 Å². The lowest BCUT2D eigenvalue weighted by Gasteiger charge is -2.00. The maximum atomic E-state index is 12.1. The van der Waals surface area contributed by atoms with Crippen molar-refractivity contribution in [3.63, 3.8) is 0 Å². The lowest BCUT2D eigenvalue weighted by molar-refractivity contribution is -0.384. The Labute approximate surface area is 169 Å². The van der Waals surface area contributed by atoms with Crippen LogP contribution < -0.4 is 10.1 Å². The highest BCUT2D eigenvalue weighted by atomic mass is 35.5. The van der Waals surface area contributed by atoms with E-state index in [1.54, 1.807) is 13.2 Å². The van der Waals surface area contributed by atoms with Gasteiger partial charge in [0.2, 0.25) is 5.91 Å². The SMILES string of the molecule is COc1ccc(-c2csc(NC(=O)C=Cc3ccc(Cl)c([N+](=O)[O-])c3)n2)cc1. The van der Waals surface area contributed by atoms with Crippen LogP contribution in [0.2, 0.25) is 5.02 Å². The summed E-state index contributed by atoms with van der Waals surface area (Å²) < 4.78 is 5.13. The standard InChI is InChI=1S/C19H14ClN3O4S/c1-27-14-6-4-13(5-7-14)16-11-28-19(21-16)22-18(24)9-3-12-2-8-15(20)17(10-12)23(25)26/h2-11H,1H3,(H,21,22,24). The molecule has 0 saturated heterocycles. The fourth-order valence-electron chi connectivity index (χ4n) is 2.32. The zero-order valence-electron chi connectivity index (χ0n) is 14.6. The third-order valence-electron chi connectivity index (χ3n) is 3.71. The van der Waals surface area contributed by atoms with Gasteiger partial charge in [-0.3, -0.25) is 20.2 Å². The molecule has 0 aliphatic rings. The number of thiazole rings is 1. The maximum absolute atomic E-state index is 12.1. The van der Waals surface area contributed by atoms with Crippen molar-refractivity contribution in [3.05, 3.63) is 74.6 Å².